The van der Waals surface area contributed by atoms with Crippen molar-refractivity contribution in [3.63, 3.8) is 0 Å². The van der Waals surface area contributed by atoms with E-state index in [4.69, 9.17) is 4.74 Å². The maximum atomic E-state index is 13.9. The Bertz CT molecular complexity index is 1010. The average Bonchev–Trinajstić information content (AvgIpc) is 3.02. The number of hydrogen-bond acceptors (Lipinski definition) is 5. The normalized spacial score (nSPS) is 22.1. The molecule has 1 aromatic heterocycles. The highest BCUT2D eigenvalue weighted by atomic mass is 19.1. The molecule has 2 aromatic rings. The number of carbonyl (C=O) groups excluding carboxylic acids is 2. The number of methoxy groups -OCH3 is 1. The first-order valence-corrected chi connectivity index (χ1v) is 11.4. The first-order chi connectivity index (χ1) is 15.9. The van der Waals surface area contributed by atoms with Gasteiger partial charge in [-0.05, 0) is 68.6 Å². The Balaban J connectivity index is 1.53. The van der Waals surface area contributed by atoms with Crippen LogP contribution in [0.25, 0.3) is 0 Å². The van der Waals surface area contributed by atoms with Gasteiger partial charge in [0.25, 0.3) is 5.91 Å². The van der Waals surface area contributed by atoms with E-state index < -0.39 is 11.6 Å². The number of nitrogens with zero attached hydrogens (tertiary/aromatic N) is 3. The minimum atomic E-state index is -1.08. The van der Waals surface area contributed by atoms with Crippen molar-refractivity contribution in [2.75, 3.05) is 33.4 Å². The highest BCUT2D eigenvalue weighted by molar-refractivity contribution is 6.07. The Morgan fingerprint density at radius 2 is 1.94 bits per heavy atom. The second-order valence-electron chi connectivity index (χ2n) is 8.98. The summed E-state index contributed by atoms with van der Waals surface area (Å²) in [6, 6.07) is 11.9. The number of ether oxygens (including phenoxy) is 1. The summed E-state index contributed by atoms with van der Waals surface area (Å²) in [5, 5.41) is 3.01. The van der Waals surface area contributed by atoms with Gasteiger partial charge in [0.15, 0.2) is 0 Å². The molecule has 33 heavy (non-hydrogen) atoms. The van der Waals surface area contributed by atoms with E-state index >= 15 is 0 Å². The molecular weight excluding hydrogens is 423 g/mol. The van der Waals surface area contributed by atoms with Crippen LogP contribution in [0.4, 0.5) is 9.18 Å². The van der Waals surface area contributed by atoms with Crippen molar-refractivity contribution in [2.45, 2.75) is 38.3 Å². The molecule has 7 nitrogen and oxygen atoms in total. The van der Waals surface area contributed by atoms with Crippen molar-refractivity contribution in [3.8, 4) is 0 Å². The van der Waals surface area contributed by atoms with Gasteiger partial charge in [-0.1, -0.05) is 18.2 Å². The molecular formula is C25H31FN4O3. The third kappa shape index (κ3) is 5.07. The summed E-state index contributed by atoms with van der Waals surface area (Å²) >= 11 is 0. The quantitative estimate of drug-likeness (QED) is 0.621. The highest BCUT2D eigenvalue weighted by Crippen LogP contribution is 2.36. The fourth-order valence-electron chi connectivity index (χ4n) is 5.04. The number of halogens is 1. The lowest BCUT2D eigenvalue weighted by Crippen LogP contribution is -2.57. The van der Waals surface area contributed by atoms with Crippen LogP contribution in [0.2, 0.25) is 0 Å². The predicted molar refractivity (Wildman–Crippen MR) is 122 cm³/mol. The number of imide groups is 1. The third-order valence-corrected chi connectivity index (χ3v) is 6.71. The fraction of sp³-hybridized carbons (Fsp3) is 0.480. The molecule has 0 saturated carbocycles. The van der Waals surface area contributed by atoms with Crippen LogP contribution in [-0.2, 0) is 22.5 Å². The van der Waals surface area contributed by atoms with Gasteiger partial charge in [-0.15, -0.1) is 0 Å². The molecule has 3 amide bonds. The molecule has 0 radical (unpaired) electrons. The standard InChI is InChI=1S/C25H31FN4O3/c1-18-5-3-8-22(27-18)17-29-11-9-20(10-12-29)25(16-19-6-4-7-21(26)15-19)23(31)30(13-14-33-2)24(32)28-25/h3-8,15,20H,9-14,16-17H2,1-2H3,(H,28,32). The number of rotatable bonds is 8. The minimum absolute atomic E-state index is 0.0496. The van der Waals surface area contributed by atoms with E-state index in [1.165, 1.54) is 24.1 Å². The summed E-state index contributed by atoms with van der Waals surface area (Å²) in [6.45, 7) is 4.81. The molecule has 0 bridgehead atoms. The number of hydrogen-bond donors (Lipinski definition) is 1. The van der Waals surface area contributed by atoms with E-state index in [1.807, 2.05) is 25.1 Å². The summed E-state index contributed by atoms with van der Waals surface area (Å²) in [4.78, 5) is 34.6. The largest absolute Gasteiger partial charge is 0.383 e. The summed E-state index contributed by atoms with van der Waals surface area (Å²) in [5.41, 5.74) is 1.64. The number of benzene rings is 1. The summed E-state index contributed by atoms with van der Waals surface area (Å²) in [6.07, 6.45) is 1.78. The van der Waals surface area contributed by atoms with E-state index in [0.717, 1.165) is 43.9 Å². The molecule has 3 heterocycles. The minimum Gasteiger partial charge on any atom is -0.383 e. The van der Waals surface area contributed by atoms with Crippen molar-refractivity contribution in [1.82, 2.24) is 20.1 Å². The van der Waals surface area contributed by atoms with Crippen molar-refractivity contribution in [3.05, 3.63) is 65.2 Å². The molecule has 8 heteroatoms. The van der Waals surface area contributed by atoms with Gasteiger partial charge in [0.2, 0.25) is 0 Å². The zero-order valence-corrected chi connectivity index (χ0v) is 19.2. The molecule has 0 aliphatic carbocycles. The molecule has 2 aliphatic heterocycles. The number of aryl methyl sites for hydroxylation is 1. The smallest absolute Gasteiger partial charge is 0.325 e. The molecule has 0 spiro atoms. The number of likely N-dealkylation sites (tertiary alicyclic amines) is 1. The molecule has 2 saturated heterocycles. The van der Waals surface area contributed by atoms with Crippen LogP contribution in [0.15, 0.2) is 42.5 Å². The Morgan fingerprint density at radius 3 is 2.64 bits per heavy atom. The number of piperidine rings is 1. The van der Waals surface area contributed by atoms with Gasteiger partial charge < -0.3 is 10.1 Å². The summed E-state index contributed by atoms with van der Waals surface area (Å²) in [7, 11) is 1.54. The van der Waals surface area contributed by atoms with Crippen LogP contribution in [0.5, 0.6) is 0 Å². The number of amides is 3. The van der Waals surface area contributed by atoms with E-state index in [2.05, 4.69) is 15.2 Å². The third-order valence-electron chi connectivity index (χ3n) is 6.71. The van der Waals surface area contributed by atoms with Crippen molar-refractivity contribution in [1.29, 1.82) is 0 Å². The van der Waals surface area contributed by atoms with Gasteiger partial charge in [0, 0.05) is 25.8 Å². The van der Waals surface area contributed by atoms with Gasteiger partial charge >= 0.3 is 6.03 Å². The highest BCUT2D eigenvalue weighted by Gasteiger charge is 2.55. The van der Waals surface area contributed by atoms with E-state index in [-0.39, 0.29) is 37.2 Å². The van der Waals surface area contributed by atoms with E-state index in [9.17, 15) is 14.0 Å². The fourth-order valence-corrected chi connectivity index (χ4v) is 5.04. The van der Waals surface area contributed by atoms with Crippen molar-refractivity contribution in [2.24, 2.45) is 5.92 Å². The number of pyridine rings is 1. The molecule has 1 unspecified atom stereocenters. The van der Waals surface area contributed by atoms with Crippen molar-refractivity contribution >= 4 is 11.9 Å². The summed E-state index contributed by atoms with van der Waals surface area (Å²) in [5.74, 6) is -0.643. The van der Waals surface area contributed by atoms with Crippen LogP contribution < -0.4 is 5.32 Å². The molecule has 1 N–H and O–H groups in total. The van der Waals surface area contributed by atoms with Crippen LogP contribution in [0.1, 0.15) is 29.8 Å². The molecule has 2 fully saturated rings. The first-order valence-electron chi connectivity index (χ1n) is 11.4. The lowest BCUT2D eigenvalue weighted by atomic mass is 9.74. The van der Waals surface area contributed by atoms with Crippen LogP contribution in [0.3, 0.4) is 0 Å². The second-order valence-corrected chi connectivity index (χ2v) is 8.98. The Morgan fingerprint density at radius 1 is 1.18 bits per heavy atom. The predicted octanol–water partition coefficient (Wildman–Crippen LogP) is 2.92. The number of carbonyl (C=O) groups is 2. The summed E-state index contributed by atoms with van der Waals surface area (Å²) < 4.78 is 19.0. The van der Waals surface area contributed by atoms with Gasteiger partial charge in [-0.2, -0.15) is 0 Å². The maximum Gasteiger partial charge on any atom is 0.325 e. The lowest BCUT2D eigenvalue weighted by molar-refractivity contribution is -0.134. The lowest BCUT2D eigenvalue weighted by Gasteiger charge is -2.41. The second kappa shape index (κ2) is 9.97. The molecule has 176 valence electrons. The SMILES string of the molecule is COCCN1C(=O)NC(Cc2cccc(F)c2)(C2CCN(Cc3cccc(C)n3)CC2)C1=O. The van der Waals surface area contributed by atoms with Gasteiger partial charge in [-0.3, -0.25) is 19.6 Å². The average molecular weight is 455 g/mol. The number of urea groups is 1. The van der Waals surface area contributed by atoms with E-state index in [0.29, 0.717) is 5.56 Å². The van der Waals surface area contributed by atoms with Crippen LogP contribution >= 0.6 is 0 Å². The maximum absolute atomic E-state index is 13.9. The number of aromatic nitrogens is 1. The molecule has 1 aromatic carbocycles. The van der Waals surface area contributed by atoms with Gasteiger partial charge in [0.1, 0.15) is 11.4 Å². The zero-order valence-electron chi connectivity index (χ0n) is 19.2. The Kier molecular flexibility index (Phi) is 7.05. The molecule has 2 aliphatic rings. The van der Waals surface area contributed by atoms with E-state index in [1.54, 1.807) is 12.1 Å². The number of nitrogens with one attached hydrogen (secondary N) is 1. The van der Waals surface area contributed by atoms with Gasteiger partial charge in [0.05, 0.1) is 18.8 Å². The van der Waals surface area contributed by atoms with Gasteiger partial charge in [-0.25, -0.2) is 9.18 Å². The molecule has 4 rings (SSSR count). The monoisotopic (exact) mass is 454 g/mol. The Hall–Kier alpha value is -2.84. The topological polar surface area (TPSA) is 74.8 Å². The zero-order chi connectivity index (χ0) is 23.4. The van der Waals surface area contributed by atoms with Crippen molar-refractivity contribution < 1.29 is 18.7 Å². The first kappa shape index (κ1) is 23.3. The molecule has 1 atom stereocenters. The van der Waals surface area contributed by atoms with Crippen LogP contribution in [0, 0.1) is 18.7 Å². The van der Waals surface area contributed by atoms with Crippen LogP contribution in [-0.4, -0.2) is 65.6 Å². The Labute approximate surface area is 193 Å².